The second kappa shape index (κ2) is 9.37. The van der Waals surface area contributed by atoms with Crippen molar-refractivity contribution in [2.75, 3.05) is 25.6 Å². The van der Waals surface area contributed by atoms with E-state index in [-0.39, 0.29) is 23.8 Å². The van der Waals surface area contributed by atoms with Gasteiger partial charge in [0.1, 0.15) is 12.4 Å². The number of hydrogen-bond acceptors (Lipinski definition) is 4. The molecule has 1 unspecified atom stereocenters. The minimum absolute atomic E-state index is 0.0849. The molecule has 0 aliphatic heterocycles. The van der Waals surface area contributed by atoms with Gasteiger partial charge in [0.25, 0.3) is 5.91 Å². The van der Waals surface area contributed by atoms with Gasteiger partial charge < -0.3 is 20.1 Å². The Balaban J connectivity index is 1.56. The molecule has 2 aromatic carbocycles. The number of anilines is 1. The Labute approximate surface area is 165 Å². The summed E-state index contributed by atoms with van der Waals surface area (Å²) in [7, 11) is 1.61. The van der Waals surface area contributed by atoms with E-state index in [0.29, 0.717) is 24.5 Å². The van der Waals surface area contributed by atoms with Gasteiger partial charge in [-0.15, -0.1) is 0 Å². The summed E-state index contributed by atoms with van der Waals surface area (Å²) in [6, 6.07) is 14.5. The fraction of sp³-hybridized carbons (Fsp3) is 0.364. The summed E-state index contributed by atoms with van der Waals surface area (Å²) in [6.45, 7) is 2.85. The highest BCUT2D eigenvalue weighted by Gasteiger charge is 2.29. The molecule has 0 aromatic heterocycles. The first-order valence-electron chi connectivity index (χ1n) is 9.50. The van der Waals surface area contributed by atoms with Gasteiger partial charge in [-0.3, -0.25) is 9.59 Å². The lowest BCUT2D eigenvalue weighted by Crippen LogP contribution is -2.26. The monoisotopic (exact) mass is 382 g/mol. The number of amides is 2. The van der Waals surface area contributed by atoms with Crippen molar-refractivity contribution in [3.63, 3.8) is 0 Å². The first-order chi connectivity index (χ1) is 13.6. The van der Waals surface area contributed by atoms with Gasteiger partial charge in [0.15, 0.2) is 0 Å². The van der Waals surface area contributed by atoms with E-state index in [9.17, 15) is 9.59 Å². The van der Waals surface area contributed by atoms with Crippen molar-refractivity contribution in [2.24, 2.45) is 5.92 Å². The van der Waals surface area contributed by atoms with Crippen LogP contribution < -0.4 is 15.4 Å². The predicted octanol–water partition coefficient (Wildman–Crippen LogP) is 3.55. The molecular weight excluding hydrogens is 356 g/mol. The van der Waals surface area contributed by atoms with Crippen molar-refractivity contribution in [1.29, 1.82) is 0 Å². The Bertz CT molecular complexity index is 816. The van der Waals surface area contributed by atoms with Crippen LogP contribution in [-0.2, 0) is 9.53 Å². The molecule has 148 valence electrons. The highest BCUT2D eigenvalue weighted by molar-refractivity contribution is 5.95. The van der Waals surface area contributed by atoms with Crippen LogP contribution in [0.1, 0.15) is 41.7 Å². The van der Waals surface area contributed by atoms with Gasteiger partial charge in [0, 0.05) is 24.3 Å². The maximum Gasteiger partial charge on any atom is 0.251 e. The standard InChI is InChI=1S/C22H26N2O4/c1-15(16-8-10-19(11-9-16)24-21(25)17-6-7-17)23-22(26)18-4-3-5-20(14-18)28-13-12-27-2/h3-5,8-11,14-15,17H,6-7,12-13H2,1-2H3,(H,23,26)(H,24,25). The van der Waals surface area contributed by atoms with Gasteiger partial charge in [-0.05, 0) is 55.7 Å². The van der Waals surface area contributed by atoms with Crippen molar-refractivity contribution in [3.8, 4) is 5.75 Å². The number of benzene rings is 2. The van der Waals surface area contributed by atoms with E-state index < -0.39 is 0 Å². The zero-order chi connectivity index (χ0) is 19.9. The van der Waals surface area contributed by atoms with E-state index in [4.69, 9.17) is 9.47 Å². The molecule has 3 rings (SSSR count). The average Bonchev–Trinajstić information content (AvgIpc) is 3.54. The maximum absolute atomic E-state index is 12.6. The number of carbonyl (C=O) groups is 2. The van der Waals surface area contributed by atoms with Gasteiger partial charge in [-0.25, -0.2) is 0 Å². The minimum Gasteiger partial charge on any atom is -0.491 e. The van der Waals surface area contributed by atoms with Crippen LogP contribution >= 0.6 is 0 Å². The second-order valence-corrected chi connectivity index (χ2v) is 6.95. The number of methoxy groups -OCH3 is 1. The van der Waals surface area contributed by atoms with Crippen molar-refractivity contribution < 1.29 is 19.1 Å². The molecular formula is C22H26N2O4. The largest absolute Gasteiger partial charge is 0.491 e. The molecule has 28 heavy (non-hydrogen) atoms. The van der Waals surface area contributed by atoms with Gasteiger partial charge in [-0.2, -0.15) is 0 Å². The zero-order valence-electron chi connectivity index (χ0n) is 16.2. The van der Waals surface area contributed by atoms with Gasteiger partial charge in [-0.1, -0.05) is 18.2 Å². The van der Waals surface area contributed by atoms with E-state index in [1.54, 1.807) is 25.3 Å². The highest BCUT2D eigenvalue weighted by Crippen LogP contribution is 2.30. The molecule has 1 fully saturated rings. The maximum atomic E-state index is 12.6. The van der Waals surface area contributed by atoms with Crippen LogP contribution in [0.5, 0.6) is 5.75 Å². The minimum atomic E-state index is -0.171. The fourth-order valence-electron chi connectivity index (χ4n) is 2.78. The molecule has 2 amide bonds. The first kappa shape index (κ1) is 19.9. The van der Waals surface area contributed by atoms with Crippen LogP contribution in [0.4, 0.5) is 5.69 Å². The van der Waals surface area contributed by atoms with Crippen molar-refractivity contribution in [3.05, 3.63) is 59.7 Å². The van der Waals surface area contributed by atoms with Crippen molar-refractivity contribution >= 4 is 17.5 Å². The van der Waals surface area contributed by atoms with Crippen molar-refractivity contribution in [2.45, 2.75) is 25.8 Å². The van der Waals surface area contributed by atoms with Crippen molar-refractivity contribution in [1.82, 2.24) is 5.32 Å². The summed E-state index contributed by atoms with van der Waals surface area (Å²) >= 11 is 0. The Morgan fingerprint density at radius 3 is 2.54 bits per heavy atom. The number of nitrogens with one attached hydrogen (secondary N) is 2. The number of rotatable bonds is 9. The Kier molecular flexibility index (Phi) is 6.66. The molecule has 1 saturated carbocycles. The molecule has 6 heteroatoms. The van der Waals surface area contributed by atoms with E-state index in [1.165, 1.54) is 0 Å². The molecule has 1 aliphatic carbocycles. The number of ether oxygens (including phenoxy) is 2. The summed E-state index contributed by atoms with van der Waals surface area (Å²) in [6.07, 6.45) is 1.96. The van der Waals surface area contributed by atoms with Crippen LogP contribution in [0.15, 0.2) is 48.5 Å². The van der Waals surface area contributed by atoms with Crippen LogP contribution in [0.3, 0.4) is 0 Å². The van der Waals surface area contributed by atoms with E-state index >= 15 is 0 Å². The molecule has 0 saturated heterocycles. The van der Waals surface area contributed by atoms with Gasteiger partial charge >= 0.3 is 0 Å². The topological polar surface area (TPSA) is 76.7 Å². The molecule has 1 aliphatic rings. The molecule has 0 bridgehead atoms. The number of hydrogen-bond donors (Lipinski definition) is 2. The SMILES string of the molecule is COCCOc1cccc(C(=O)NC(C)c2ccc(NC(=O)C3CC3)cc2)c1. The molecule has 0 spiro atoms. The molecule has 2 N–H and O–H groups in total. The smallest absolute Gasteiger partial charge is 0.251 e. The van der Waals surface area contributed by atoms with Crippen LogP contribution in [-0.4, -0.2) is 32.1 Å². The third kappa shape index (κ3) is 5.57. The third-order valence-electron chi connectivity index (χ3n) is 4.63. The van der Waals surface area contributed by atoms with Crippen LogP contribution in [0.2, 0.25) is 0 Å². The van der Waals surface area contributed by atoms with Gasteiger partial charge in [0.2, 0.25) is 5.91 Å². The van der Waals surface area contributed by atoms with E-state index in [1.807, 2.05) is 37.3 Å². The molecule has 0 heterocycles. The Morgan fingerprint density at radius 1 is 1.11 bits per heavy atom. The summed E-state index contributed by atoms with van der Waals surface area (Å²) < 4.78 is 10.5. The summed E-state index contributed by atoms with van der Waals surface area (Å²) in [5, 5.41) is 5.90. The summed E-state index contributed by atoms with van der Waals surface area (Å²) in [5.41, 5.74) is 2.28. The molecule has 0 radical (unpaired) electrons. The van der Waals surface area contributed by atoms with E-state index in [0.717, 1.165) is 24.1 Å². The van der Waals surface area contributed by atoms with E-state index in [2.05, 4.69) is 10.6 Å². The lowest BCUT2D eigenvalue weighted by Gasteiger charge is -2.15. The Morgan fingerprint density at radius 2 is 1.86 bits per heavy atom. The third-order valence-corrected chi connectivity index (χ3v) is 4.63. The zero-order valence-corrected chi connectivity index (χ0v) is 16.2. The quantitative estimate of drug-likeness (QED) is 0.650. The molecule has 1 atom stereocenters. The fourth-order valence-corrected chi connectivity index (χ4v) is 2.78. The van der Waals surface area contributed by atoms with Crippen LogP contribution in [0.25, 0.3) is 0 Å². The normalized spacial score (nSPS) is 14.2. The molecule has 2 aromatic rings. The average molecular weight is 382 g/mol. The summed E-state index contributed by atoms with van der Waals surface area (Å²) in [4.78, 5) is 24.4. The van der Waals surface area contributed by atoms with Gasteiger partial charge in [0.05, 0.1) is 12.6 Å². The Hall–Kier alpha value is -2.86. The predicted molar refractivity (Wildman–Crippen MR) is 107 cm³/mol. The molecule has 6 nitrogen and oxygen atoms in total. The lowest BCUT2D eigenvalue weighted by atomic mass is 10.1. The first-order valence-corrected chi connectivity index (χ1v) is 9.50. The summed E-state index contributed by atoms with van der Waals surface area (Å²) in [5.74, 6) is 0.720. The van der Waals surface area contributed by atoms with Crippen LogP contribution in [0, 0.1) is 5.92 Å². The highest BCUT2D eigenvalue weighted by atomic mass is 16.5. The lowest BCUT2D eigenvalue weighted by molar-refractivity contribution is -0.117. The second-order valence-electron chi connectivity index (χ2n) is 6.95. The number of carbonyl (C=O) groups excluding carboxylic acids is 2.